The van der Waals surface area contributed by atoms with E-state index in [4.69, 9.17) is 0 Å². The number of aryl methyl sites for hydroxylation is 3. The molecule has 130 valence electrons. The molecule has 0 aromatic heterocycles. The van der Waals surface area contributed by atoms with Crippen molar-refractivity contribution in [3.63, 3.8) is 0 Å². The van der Waals surface area contributed by atoms with E-state index >= 15 is 0 Å². The minimum Gasteiger partial charge on any atom is -0.307 e. The number of benzene rings is 2. The second-order valence-electron chi connectivity index (χ2n) is 6.45. The Balaban J connectivity index is 1.91. The molecule has 1 atom stereocenters. The van der Waals surface area contributed by atoms with Gasteiger partial charge in [0.15, 0.2) is 5.17 Å². The van der Waals surface area contributed by atoms with Gasteiger partial charge in [-0.3, -0.25) is 4.99 Å². The molecule has 1 unspecified atom stereocenters. The highest BCUT2D eigenvalue weighted by atomic mass is 32.2. The van der Waals surface area contributed by atoms with Crippen molar-refractivity contribution >= 4 is 34.3 Å². The minimum absolute atomic E-state index is 0.188. The Morgan fingerprint density at radius 3 is 2.44 bits per heavy atom. The van der Waals surface area contributed by atoms with Crippen LogP contribution >= 0.6 is 11.8 Å². The zero-order chi connectivity index (χ0) is 18.0. The Labute approximate surface area is 153 Å². The van der Waals surface area contributed by atoms with Crippen LogP contribution in [0.5, 0.6) is 0 Å². The molecule has 1 aliphatic rings. The average Bonchev–Trinajstić information content (AvgIpc) is 2.99. The second-order valence-corrected chi connectivity index (χ2v) is 7.86. The minimum atomic E-state index is -0.188. The van der Waals surface area contributed by atoms with Gasteiger partial charge in [0.2, 0.25) is 0 Å². The van der Waals surface area contributed by atoms with Crippen molar-refractivity contribution in [1.82, 2.24) is 0 Å². The van der Waals surface area contributed by atoms with Gasteiger partial charge >= 0.3 is 6.03 Å². The summed E-state index contributed by atoms with van der Waals surface area (Å²) in [6.07, 6.45) is 0. The number of nitrogens with zero attached hydrogens (tertiary/aromatic N) is 2. The van der Waals surface area contributed by atoms with Crippen LogP contribution in [0.2, 0.25) is 0 Å². The molecule has 0 radical (unpaired) electrons. The number of carbonyl (C=O) groups is 1. The molecule has 0 saturated carbocycles. The summed E-state index contributed by atoms with van der Waals surface area (Å²) < 4.78 is 0. The lowest BCUT2D eigenvalue weighted by atomic mass is 10.1. The maximum absolute atomic E-state index is 13.0. The molecule has 5 heteroatoms. The van der Waals surface area contributed by atoms with Gasteiger partial charge in [0, 0.05) is 10.9 Å². The molecular weight excluding hydrogens is 330 g/mol. The van der Waals surface area contributed by atoms with Crippen molar-refractivity contribution in [3.05, 3.63) is 59.2 Å². The quantitative estimate of drug-likeness (QED) is 0.812. The summed E-state index contributed by atoms with van der Waals surface area (Å²) in [5.41, 5.74) is 5.14. The molecule has 0 fully saturated rings. The second kappa shape index (κ2) is 7.31. The summed E-state index contributed by atoms with van der Waals surface area (Å²) in [5.74, 6) is 0. The lowest BCUT2D eigenvalue weighted by molar-refractivity contribution is 0.259. The van der Waals surface area contributed by atoms with Crippen molar-refractivity contribution in [2.45, 2.75) is 32.9 Å². The predicted octanol–water partition coefficient (Wildman–Crippen LogP) is 5.14. The van der Waals surface area contributed by atoms with E-state index in [-0.39, 0.29) is 6.03 Å². The molecule has 4 nitrogen and oxygen atoms in total. The molecular formula is C20H23N3OS. The Morgan fingerprint density at radius 2 is 1.84 bits per heavy atom. The van der Waals surface area contributed by atoms with E-state index in [1.54, 1.807) is 16.7 Å². The van der Waals surface area contributed by atoms with E-state index in [1.165, 1.54) is 5.56 Å². The van der Waals surface area contributed by atoms with E-state index in [0.29, 0.717) is 5.25 Å². The number of amides is 2. The van der Waals surface area contributed by atoms with Crippen LogP contribution in [-0.2, 0) is 0 Å². The number of amidine groups is 1. The predicted molar refractivity (Wildman–Crippen MR) is 108 cm³/mol. The first-order chi connectivity index (χ1) is 11.9. The first-order valence-electron chi connectivity index (χ1n) is 8.40. The first kappa shape index (κ1) is 17.5. The van der Waals surface area contributed by atoms with Gasteiger partial charge in [-0.25, -0.2) is 9.69 Å². The van der Waals surface area contributed by atoms with E-state index < -0.39 is 0 Å². The lowest BCUT2D eigenvalue weighted by Gasteiger charge is -2.23. The number of aliphatic imine (C=N–C) groups is 1. The van der Waals surface area contributed by atoms with E-state index in [2.05, 4.69) is 31.1 Å². The monoisotopic (exact) mass is 353 g/mol. The van der Waals surface area contributed by atoms with Gasteiger partial charge in [-0.15, -0.1) is 0 Å². The van der Waals surface area contributed by atoms with Crippen molar-refractivity contribution < 1.29 is 4.79 Å². The molecule has 25 heavy (non-hydrogen) atoms. The number of hydrogen-bond acceptors (Lipinski definition) is 3. The third kappa shape index (κ3) is 4.04. The standard InChI is InChI=1S/C20H23N3OS/c1-13-5-8-17(9-6-13)22-19(24)23(20-21-12-16(4)25-20)18-10-7-14(2)15(3)11-18/h5-11,16H,12H2,1-4H3,(H,22,24). The van der Waals surface area contributed by atoms with Gasteiger partial charge < -0.3 is 5.32 Å². The van der Waals surface area contributed by atoms with Gasteiger partial charge in [0.05, 0.1) is 12.2 Å². The van der Waals surface area contributed by atoms with Crippen LogP contribution in [0.15, 0.2) is 47.5 Å². The normalized spacial score (nSPS) is 16.5. The SMILES string of the molecule is Cc1ccc(NC(=O)N(C2=NCC(C)S2)c2ccc(C)c(C)c2)cc1. The number of rotatable bonds is 2. The van der Waals surface area contributed by atoms with Gasteiger partial charge in [-0.1, -0.05) is 42.4 Å². The molecule has 0 bridgehead atoms. The average molecular weight is 353 g/mol. The van der Waals surface area contributed by atoms with Crippen molar-refractivity contribution in [2.75, 3.05) is 16.8 Å². The summed E-state index contributed by atoms with van der Waals surface area (Å²) in [5, 5.41) is 4.12. The number of nitrogens with one attached hydrogen (secondary N) is 1. The van der Waals surface area contributed by atoms with Crippen LogP contribution in [-0.4, -0.2) is 23.0 Å². The number of hydrogen-bond donors (Lipinski definition) is 1. The summed E-state index contributed by atoms with van der Waals surface area (Å²) in [6.45, 7) is 9.01. The molecule has 1 N–H and O–H groups in total. The number of urea groups is 1. The Kier molecular flexibility index (Phi) is 5.13. The third-order valence-electron chi connectivity index (χ3n) is 4.24. The number of anilines is 2. The molecule has 0 saturated heterocycles. The topological polar surface area (TPSA) is 44.7 Å². The molecule has 2 amide bonds. The maximum Gasteiger partial charge on any atom is 0.332 e. The Bertz CT molecular complexity index is 814. The van der Waals surface area contributed by atoms with Gasteiger partial charge in [-0.05, 0) is 56.2 Å². The maximum atomic E-state index is 13.0. The molecule has 2 aromatic rings. The summed E-state index contributed by atoms with van der Waals surface area (Å²) in [7, 11) is 0. The molecule has 0 spiro atoms. The lowest BCUT2D eigenvalue weighted by Crippen LogP contribution is -2.38. The van der Waals surface area contributed by atoms with Crippen LogP contribution in [0.1, 0.15) is 23.6 Å². The van der Waals surface area contributed by atoms with Crippen LogP contribution in [0, 0.1) is 20.8 Å². The Morgan fingerprint density at radius 1 is 1.12 bits per heavy atom. The molecule has 0 aliphatic carbocycles. The number of carbonyl (C=O) groups excluding carboxylic acids is 1. The van der Waals surface area contributed by atoms with Crippen LogP contribution in [0.3, 0.4) is 0 Å². The van der Waals surface area contributed by atoms with Gasteiger partial charge in [0.1, 0.15) is 0 Å². The summed E-state index contributed by atoms with van der Waals surface area (Å²) >= 11 is 1.63. The van der Waals surface area contributed by atoms with Crippen molar-refractivity contribution in [1.29, 1.82) is 0 Å². The zero-order valence-corrected chi connectivity index (χ0v) is 15.9. The van der Waals surface area contributed by atoms with Crippen LogP contribution in [0.25, 0.3) is 0 Å². The van der Waals surface area contributed by atoms with Crippen molar-refractivity contribution in [3.8, 4) is 0 Å². The number of thioether (sulfide) groups is 1. The fraction of sp³-hybridized carbons (Fsp3) is 0.300. The molecule has 1 heterocycles. The van der Waals surface area contributed by atoms with Crippen molar-refractivity contribution in [2.24, 2.45) is 4.99 Å². The largest absolute Gasteiger partial charge is 0.332 e. The molecule has 1 aliphatic heterocycles. The molecule has 2 aromatic carbocycles. The molecule has 3 rings (SSSR count). The highest BCUT2D eigenvalue weighted by molar-refractivity contribution is 8.15. The fourth-order valence-corrected chi connectivity index (χ4v) is 3.53. The van der Waals surface area contributed by atoms with Crippen LogP contribution in [0.4, 0.5) is 16.2 Å². The third-order valence-corrected chi connectivity index (χ3v) is 5.31. The highest BCUT2D eigenvalue weighted by Crippen LogP contribution is 2.29. The Hall–Kier alpha value is -2.27. The highest BCUT2D eigenvalue weighted by Gasteiger charge is 2.27. The van der Waals surface area contributed by atoms with Gasteiger partial charge in [0.25, 0.3) is 0 Å². The fourth-order valence-electron chi connectivity index (χ4n) is 2.58. The zero-order valence-electron chi connectivity index (χ0n) is 15.0. The van der Waals surface area contributed by atoms with E-state index in [1.807, 2.05) is 49.4 Å². The van der Waals surface area contributed by atoms with Gasteiger partial charge in [-0.2, -0.15) is 0 Å². The first-order valence-corrected chi connectivity index (χ1v) is 9.28. The van der Waals surface area contributed by atoms with E-state index in [0.717, 1.165) is 34.2 Å². The van der Waals surface area contributed by atoms with Crippen LogP contribution < -0.4 is 10.2 Å². The van der Waals surface area contributed by atoms with E-state index in [9.17, 15) is 4.79 Å². The smallest absolute Gasteiger partial charge is 0.307 e. The summed E-state index contributed by atoms with van der Waals surface area (Å²) in [4.78, 5) is 19.3. The summed E-state index contributed by atoms with van der Waals surface area (Å²) in [6, 6.07) is 13.7.